The molecule has 1 heterocycles. The molecule has 126 valence electrons. The van der Waals surface area contributed by atoms with E-state index in [1.54, 1.807) is 6.20 Å². The fourth-order valence-electron chi connectivity index (χ4n) is 2.83. The zero-order valence-electron chi connectivity index (χ0n) is 12.7. The number of carbonyl (C=O) groups excluding carboxylic acids is 1. The third-order valence-corrected chi connectivity index (χ3v) is 5.13. The molecule has 2 aromatic rings. The highest BCUT2D eigenvalue weighted by Gasteiger charge is 2.34. The largest absolute Gasteiger partial charge is 0.345 e. The lowest BCUT2D eigenvalue weighted by molar-refractivity contribution is 0.0907. The van der Waals surface area contributed by atoms with Crippen LogP contribution in [-0.4, -0.2) is 23.0 Å². The average molecular weight is 374 g/mol. The number of thiazole rings is 1. The molecule has 1 saturated carbocycles. The first-order chi connectivity index (χ1) is 10.2. The Balaban J connectivity index is 0.00000132. The maximum absolute atomic E-state index is 12.4. The van der Waals surface area contributed by atoms with E-state index >= 15 is 0 Å². The number of hydrogen-bond donors (Lipinski definition) is 2. The van der Waals surface area contributed by atoms with Crippen molar-refractivity contribution < 1.29 is 4.79 Å². The van der Waals surface area contributed by atoms with Gasteiger partial charge in [0.2, 0.25) is 0 Å². The van der Waals surface area contributed by atoms with Crippen LogP contribution < -0.4 is 11.1 Å². The van der Waals surface area contributed by atoms with Crippen molar-refractivity contribution >= 4 is 42.1 Å². The second kappa shape index (κ2) is 8.64. The van der Waals surface area contributed by atoms with Crippen molar-refractivity contribution in [2.45, 2.75) is 31.2 Å². The summed E-state index contributed by atoms with van der Waals surface area (Å²) < 4.78 is 0. The third kappa shape index (κ3) is 4.44. The van der Waals surface area contributed by atoms with Crippen LogP contribution in [-0.2, 0) is 0 Å². The number of amides is 1. The number of rotatable bonds is 4. The van der Waals surface area contributed by atoms with E-state index in [0.29, 0.717) is 11.4 Å². The van der Waals surface area contributed by atoms with Gasteiger partial charge in [0, 0.05) is 12.1 Å². The second-order valence-corrected chi connectivity index (χ2v) is 6.57. The first-order valence-corrected chi connectivity index (χ1v) is 8.08. The minimum absolute atomic E-state index is 0. The number of hydrogen-bond acceptors (Lipinski definition) is 4. The summed E-state index contributed by atoms with van der Waals surface area (Å²) in [7, 11) is 0. The van der Waals surface area contributed by atoms with Gasteiger partial charge in [0.05, 0.1) is 11.7 Å². The van der Waals surface area contributed by atoms with Crippen molar-refractivity contribution in [1.82, 2.24) is 10.3 Å². The molecule has 0 unspecified atom stereocenters. The molecule has 1 amide bonds. The summed E-state index contributed by atoms with van der Waals surface area (Å²) in [6.07, 6.45) is 5.87. The number of nitrogens with zero attached hydrogens (tertiary/aromatic N) is 1. The quantitative estimate of drug-likeness (QED) is 0.858. The lowest BCUT2D eigenvalue weighted by Crippen LogP contribution is -2.51. The Morgan fingerprint density at radius 3 is 2.48 bits per heavy atom. The minimum Gasteiger partial charge on any atom is -0.345 e. The molecular formula is C16H21Cl2N3OS. The lowest BCUT2D eigenvalue weighted by Gasteiger charge is -2.28. The van der Waals surface area contributed by atoms with E-state index in [1.165, 1.54) is 11.3 Å². The third-order valence-electron chi connectivity index (χ3n) is 4.08. The van der Waals surface area contributed by atoms with Crippen LogP contribution in [0.3, 0.4) is 0 Å². The van der Waals surface area contributed by atoms with Crippen molar-refractivity contribution in [3.05, 3.63) is 41.4 Å². The number of aromatic nitrogens is 1. The minimum atomic E-state index is -0.214. The molecule has 0 radical (unpaired) electrons. The molecule has 1 aliphatic carbocycles. The first kappa shape index (κ1) is 19.9. The van der Waals surface area contributed by atoms with E-state index in [1.807, 2.05) is 30.3 Å². The summed E-state index contributed by atoms with van der Waals surface area (Å²) in [6.45, 7) is 0.503. The summed E-state index contributed by atoms with van der Waals surface area (Å²) in [6, 6.07) is 9.91. The standard InChI is InChI=1S/C16H19N3OS.2ClH/c17-11-16(8-4-5-9-16)19-14(20)13-10-18-15(21-13)12-6-2-1-3-7-12;;/h1-3,6-7,10H,4-5,8-9,11,17H2,(H,19,20);2*1H. The van der Waals surface area contributed by atoms with Crippen LogP contribution >= 0.6 is 36.2 Å². The van der Waals surface area contributed by atoms with E-state index in [4.69, 9.17) is 5.73 Å². The average Bonchev–Trinajstić information content (AvgIpc) is 3.18. The molecule has 0 spiro atoms. The van der Waals surface area contributed by atoms with Crippen LogP contribution in [0.25, 0.3) is 10.6 Å². The van der Waals surface area contributed by atoms with E-state index in [9.17, 15) is 4.79 Å². The summed E-state index contributed by atoms with van der Waals surface area (Å²) in [5.41, 5.74) is 6.69. The molecule has 7 heteroatoms. The lowest BCUT2D eigenvalue weighted by atomic mass is 9.98. The highest BCUT2D eigenvalue weighted by Crippen LogP contribution is 2.30. The molecule has 0 bridgehead atoms. The molecule has 4 nitrogen and oxygen atoms in total. The maximum Gasteiger partial charge on any atom is 0.263 e. The highest BCUT2D eigenvalue weighted by molar-refractivity contribution is 7.16. The van der Waals surface area contributed by atoms with Gasteiger partial charge in [-0.15, -0.1) is 36.2 Å². The maximum atomic E-state index is 12.4. The molecule has 1 fully saturated rings. The van der Waals surface area contributed by atoms with Crippen molar-refractivity contribution in [1.29, 1.82) is 0 Å². The number of nitrogens with two attached hydrogens (primary N) is 1. The topological polar surface area (TPSA) is 68.0 Å². The van der Waals surface area contributed by atoms with Crippen molar-refractivity contribution in [3.63, 3.8) is 0 Å². The van der Waals surface area contributed by atoms with Crippen molar-refractivity contribution in [2.24, 2.45) is 5.73 Å². The van der Waals surface area contributed by atoms with Crippen molar-refractivity contribution in [2.75, 3.05) is 6.54 Å². The normalized spacial score (nSPS) is 15.3. The summed E-state index contributed by atoms with van der Waals surface area (Å²) >= 11 is 1.42. The molecule has 1 aromatic carbocycles. The molecule has 0 aliphatic heterocycles. The highest BCUT2D eigenvalue weighted by atomic mass is 35.5. The molecule has 1 aromatic heterocycles. The molecule has 0 saturated heterocycles. The molecule has 3 N–H and O–H groups in total. The Morgan fingerprint density at radius 1 is 1.22 bits per heavy atom. The van der Waals surface area contributed by atoms with E-state index < -0.39 is 0 Å². The molecule has 0 atom stereocenters. The molecular weight excluding hydrogens is 353 g/mol. The predicted molar refractivity (Wildman–Crippen MR) is 99.8 cm³/mol. The number of nitrogens with one attached hydrogen (secondary N) is 1. The molecule has 3 rings (SSSR count). The van der Waals surface area contributed by atoms with Gasteiger partial charge >= 0.3 is 0 Å². The smallest absolute Gasteiger partial charge is 0.263 e. The van der Waals surface area contributed by atoms with Gasteiger partial charge in [-0.2, -0.15) is 0 Å². The summed E-state index contributed by atoms with van der Waals surface area (Å²) in [4.78, 5) is 17.4. The van der Waals surface area contributed by atoms with Gasteiger partial charge in [-0.05, 0) is 12.8 Å². The fourth-order valence-corrected chi connectivity index (χ4v) is 3.64. The summed E-state index contributed by atoms with van der Waals surface area (Å²) in [5, 5.41) is 4.00. The monoisotopic (exact) mass is 373 g/mol. The Kier molecular flexibility index (Phi) is 7.48. The van der Waals surface area contributed by atoms with Gasteiger partial charge < -0.3 is 11.1 Å². The van der Waals surface area contributed by atoms with Gasteiger partial charge in [0.25, 0.3) is 5.91 Å². The predicted octanol–water partition coefficient (Wildman–Crippen LogP) is 3.66. The van der Waals surface area contributed by atoms with Crippen molar-refractivity contribution in [3.8, 4) is 10.6 Å². The van der Waals surface area contributed by atoms with Gasteiger partial charge in [-0.1, -0.05) is 43.2 Å². The van der Waals surface area contributed by atoms with Crippen LogP contribution in [0.5, 0.6) is 0 Å². The zero-order valence-corrected chi connectivity index (χ0v) is 15.1. The fraction of sp³-hybridized carbons (Fsp3) is 0.375. The van der Waals surface area contributed by atoms with Crippen LogP contribution in [0.15, 0.2) is 36.5 Å². The van der Waals surface area contributed by atoms with Crippen LogP contribution in [0, 0.1) is 0 Å². The van der Waals surface area contributed by atoms with E-state index in [0.717, 1.165) is 36.3 Å². The van der Waals surface area contributed by atoms with Gasteiger partial charge in [-0.3, -0.25) is 4.79 Å². The second-order valence-electron chi connectivity index (χ2n) is 5.54. The van der Waals surface area contributed by atoms with E-state index in [2.05, 4.69) is 10.3 Å². The zero-order chi connectivity index (χ0) is 14.7. The SMILES string of the molecule is Cl.Cl.NCC1(NC(=O)c2cnc(-c3ccccc3)s2)CCCC1. The Hall–Kier alpha value is -1.14. The Morgan fingerprint density at radius 2 is 1.87 bits per heavy atom. The van der Waals surface area contributed by atoms with E-state index in [-0.39, 0.29) is 36.3 Å². The van der Waals surface area contributed by atoms with Gasteiger partial charge in [0.15, 0.2) is 0 Å². The first-order valence-electron chi connectivity index (χ1n) is 7.26. The summed E-state index contributed by atoms with van der Waals surface area (Å²) in [5.74, 6) is -0.0537. The molecule has 1 aliphatic rings. The van der Waals surface area contributed by atoms with Crippen LogP contribution in [0.2, 0.25) is 0 Å². The van der Waals surface area contributed by atoms with Gasteiger partial charge in [0.1, 0.15) is 9.88 Å². The number of halogens is 2. The Labute approximate surface area is 152 Å². The van der Waals surface area contributed by atoms with Crippen LogP contribution in [0.1, 0.15) is 35.4 Å². The Bertz CT molecular complexity index is 627. The van der Waals surface area contributed by atoms with Gasteiger partial charge in [-0.25, -0.2) is 4.98 Å². The molecule has 23 heavy (non-hydrogen) atoms. The van der Waals surface area contributed by atoms with Crippen LogP contribution in [0.4, 0.5) is 0 Å². The number of benzene rings is 1. The number of carbonyl (C=O) groups is 1.